The number of ether oxygens (including phenoxy) is 1. The minimum Gasteiger partial charge on any atom is -0.450 e. The van der Waals surface area contributed by atoms with E-state index in [4.69, 9.17) is 4.74 Å². The maximum atomic E-state index is 11.6. The maximum absolute atomic E-state index is 11.6. The number of carbonyl (C=O) groups excluding carboxylic acids is 1. The van der Waals surface area contributed by atoms with Crippen LogP contribution in [0.3, 0.4) is 0 Å². The minimum absolute atomic E-state index is 0. The Bertz CT molecular complexity index is 336. The molecule has 7 heteroatoms. The molecule has 0 aromatic rings. The number of hydrogen-bond acceptors (Lipinski definition) is 3. The number of halogens is 1. The molecule has 1 aliphatic rings. The first kappa shape index (κ1) is 21.3. The first-order valence-corrected chi connectivity index (χ1v) is 8.16. The fourth-order valence-corrected chi connectivity index (χ4v) is 2.05. The Morgan fingerprint density at radius 1 is 1.27 bits per heavy atom. The number of nitrogens with one attached hydrogen (secondary N) is 3. The lowest BCUT2D eigenvalue weighted by atomic mass is 10.2. The van der Waals surface area contributed by atoms with Gasteiger partial charge in [-0.2, -0.15) is 0 Å². The van der Waals surface area contributed by atoms with Crippen molar-refractivity contribution in [3.63, 3.8) is 0 Å². The lowest BCUT2D eigenvalue weighted by molar-refractivity contribution is 0.147. The summed E-state index contributed by atoms with van der Waals surface area (Å²) in [6.07, 6.45) is 4.26. The SMILES string of the molecule is CCCCNC(=NCC(NC(=O)OCC)C1CC1)NCC.I. The van der Waals surface area contributed by atoms with Crippen molar-refractivity contribution in [1.29, 1.82) is 0 Å². The molecule has 0 aromatic heterocycles. The van der Waals surface area contributed by atoms with Gasteiger partial charge < -0.3 is 20.7 Å². The predicted octanol–water partition coefficient (Wildman–Crippen LogP) is 2.48. The summed E-state index contributed by atoms with van der Waals surface area (Å²) in [6, 6.07) is 0.0747. The summed E-state index contributed by atoms with van der Waals surface area (Å²) in [5, 5.41) is 9.46. The van der Waals surface area contributed by atoms with Gasteiger partial charge in [0.15, 0.2) is 5.96 Å². The Labute approximate surface area is 151 Å². The molecule has 6 nitrogen and oxygen atoms in total. The first-order valence-electron chi connectivity index (χ1n) is 8.16. The second kappa shape index (κ2) is 12.8. The van der Waals surface area contributed by atoms with Gasteiger partial charge in [-0.05, 0) is 39.0 Å². The number of guanidine groups is 1. The number of amides is 1. The number of unbranched alkanes of at least 4 members (excludes halogenated alkanes) is 1. The van der Waals surface area contributed by atoms with E-state index in [1.807, 2.05) is 13.8 Å². The zero-order valence-electron chi connectivity index (χ0n) is 14.0. The molecule has 0 heterocycles. The van der Waals surface area contributed by atoms with E-state index >= 15 is 0 Å². The molecular weight excluding hydrogens is 395 g/mol. The maximum Gasteiger partial charge on any atom is 0.407 e. The lowest BCUT2D eigenvalue weighted by Gasteiger charge is -2.17. The quantitative estimate of drug-likeness (QED) is 0.229. The largest absolute Gasteiger partial charge is 0.450 e. The lowest BCUT2D eigenvalue weighted by Crippen LogP contribution is -2.42. The van der Waals surface area contributed by atoms with E-state index in [0.29, 0.717) is 19.1 Å². The molecule has 1 aliphatic carbocycles. The summed E-state index contributed by atoms with van der Waals surface area (Å²) in [6.45, 7) is 8.76. The van der Waals surface area contributed by atoms with Crippen LogP contribution in [0.4, 0.5) is 4.79 Å². The van der Waals surface area contributed by atoms with Gasteiger partial charge in [-0.1, -0.05) is 13.3 Å². The molecule has 0 saturated heterocycles. The number of alkyl carbamates (subject to hydrolysis) is 1. The predicted molar refractivity (Wildman–Crippen MR) is 101 cm³/mol. The normalized spacial score (nSPS) is 15.5. The van der Waals surface area contributed by atoms with E-state index < -0.39 is 0 Å². The fourth-order valence-electron chi connectivity index (χ4n) is 2.05. The number of hydrogen-bond donors (Lipinski definition) is 3. The van der Waals surface area contributed by atoms with Gasteiger partial charge in [-0.25, -0.2) is 4.79 Å². The molecular formula is C15H31IN4O2. The Kier molecular flexibility index (Phi) is 12.4. The molecule has 1 unspecified atom stereocenters. The van der Waals surface area contributed by atoms with Crippen LogP contribution in [0.25, 0.3) is 0 Å². The summed E-state index contributed by atoms with van der Waals surface area (Å²) in [5.74, 6) is 1.36. The van der Waals surface area contributed by atoms with E-state index in [0.717, 1.165) is 44.7 Å². The highest BCUT2D eigenvalue weighted by Crippen LogP contribution is 2.32. The van der Waals surface area contributed by atoms with Gasteiger partial charge >= 0.3 is 6.09 Å². The second-order valence-corrected chi connectivity index (χ2v) is 5.31. The van der Waals surface area contributed by atoms with E-state index in [-0.39, 0.29) is 36.1 Å². The zero-order valence-corrected chi connectivity index (χ0v) is 16.3. The van der Waals surface area contributed by atoms with Crippen LogP contribution in [0, 0.1) is 5.92 Å². The van der Waals surface area contributed by atoms with Crippen molar-refractivity contribution >= 4 is 36.0 Å². The molecule has 1 atom stereocenters. The van der Waals surface area contributed by atoms with Crippen molar-refractivity contribution in [3.8, 4) is 0 Å². The number of nitrogens with zero attached hydrogens (tertiary/aromatic N) is 1. The van der Waals surface area contributed by atoms with Crippen molar-refractivity contribution < 1.29 is 9.53 Å². The van der Waals surface area contributed by atoms with E-state index in [1.165, 1.54) is 0 Å². The van der Waals surface area contributed by atoms with Crippen LogP contribution in [0.5, 0.6) is 0 Å². The molecule has 22 heavy (non-hydrogen) atoms. The number of rotatable bonds is 9. The molecule has 1 rings (SSSR count). The van der Waals surface area contributed by atoms with Crippen LogP contribution in [0.2, 0.25) is 0 Å². The van der Waals surface area contributed by atoms with E-state index in [2.05, 4.69) is 27.9 Å². The highest BCUT2D eigenvalue weighted by molar-refractivity contribution is 14.0. The molecule has 1 saturated carbocycles. The van der Waals surface area contributed by atoms with Crippen molar-refractivity contribution in [1.82, 2.24) is 16.0 Å². The van der Waals surface area contributed by atoms with Crippen LogP contribution >= 0.6 is 24.0 Å². The van der Waals surface area contributed by atoms with Crippen molar-refractivity contribution in [2.45, 2.75) is 52.5 Å². The van der Waals surface area contributed by atoms with Gasteiger partial charge in [0.25, 0.3) is 0 Å². The molecule has 0 radical (unpaired) electrons. The van der Waals surface area contributed by atoms with Gasteiger partial charge in [0.2, 0.25) is 0 Å². The average molecular weight is 426 g/mol. The van der Waals surface area contributed by atoms with Gasteiger partial charge in [-0.15, -0.1) is 24.0 Å². The average Bonchev–Trinajstić information content (AvgIpc) is 3.28. The Morgan fingerprint density at radius 2 is 2.00 bits per heavy atom. The summed E-state index contributed by atoms with van der Waals surface area (Å²) in [5.41, 5.74) is 0. The number of aliphatic imine (C=N–C) groups is 1. The van der Waals surface area contributed by atoms with Crippen LogP contribution in [-0.4, -0.2) is 44.3 Å². The highest BCUT2D eigenvalue weighted by Gasteiger charge is 2.32. The van der Waals surface area contributed by atoms with Crippen LogP contribution in [-0.2, 0) is 4.74 Å². The standard InChI is InChI=1S/C15H30N4O2.HI/c1-4-7-10-17-14(16-5-2)18-11-13(12-8-9-12)19-15(20)21-6-3;/h12-13H,4-11H2,1-3H3,(H,19,20)(H2,16,17,18);1H. The zero-order chi connectivity index (χ0) is 15.5. The Balaban J connectivity index is 0.00000441. The van der Waals surface area contributed by atoms with Crippen LogP contribution < -0.4 is 16.0 Å². The molecule has 1 fully saturated rings. The Hall–Kier alpha value is -0.730. The molecule has 1 amide bonds. The smallest absolute Gasteiger partial charge is 0.407 e. The van der Waals surface area contributed by atoms with Gasteiger partial charge in [-0.3, -0.25) is 4.99 Å². The van der Waals surface area contributed by atoms with Crippen molar-refractivity contribution in [3.05, 3.63) is 0 Å². The monoisotopic (exact) mass is 426 g/mol. The minimum atomic E-state index is -0.339. The molecule has 0 aromatic carbocycles. The summed E-state index contributed by atoms with van der Waals surface area (Å²) >= 11 is 0. The van der Waals surface area contributed by atoms with Crippen LogP contribution in [0.1, 0.15) is 46.5 Å². The molecule has 0 bridgehead atoms. The van der Waals surface area contributed by atoms with Crippen molar-refractivity contribution in [2.24, 2.45) is 10.9 Å². The molecule has 0 aliphatic heterocycles. The Morgan fingerprint density at radius 3 is 2.55 bits per heavy atom. The van der Waals surface area contributed by atoms with Crippen LogP contribution in [0.15, 0.2) is 4.99 Å². The topological polar surface area (TPSA) is 74.8 Å². The molecule has 0 spiro atoms. The van der Waals surface area contributed by atoms with Gasteiger partial charge in [0, 0.05) is 13.1 Å². The van der Waals surface area contributed by atoms with E-state index in [9.17, 15) is 4.79 Å². The number of carbonyl (C=O) groups is 1. The summed E-state index contributed by atoms with van der Waals surface area (Å²) in [7, 11) is 0. The summed E-state index contributed by atoms with van der Waals surface area (Å²) in [4.78, 5) is 16.1. The third kappa shape index (κ3) is 9.32. The van der Waals surface area contributed by atoms with Gasteiger partial charge in [0.1, 0.15) is 0 Å². The molecule has 130 valence electrons. The third-order valence-corrected chi connectivity index (χ3v) is 3.38. The van der Waals surface area contributed by atoms with Crippen molar-refractivity contribution in [2.75, 3.05) is 26.2 Å². The fraction of sp³-hybridized carbons (Fsp3) is 0.867. The second-order valence-electron chi connectivity index (χ2n) is 5.31. The van der Waals surface area contributed by atoms with E-state index in [1.54, 1.807) is 0 Å². The first-order chi connectivity index (χ1) is 10.2. The summed E-state index contributed by atoms with van der Waals surface area (Å²) < 4.78 is 4.95. The third-order valence-electron chi connectivity index (χ3n) is 3.38. The molecule has 3 N–H and O–H groups in total. The van der Waals surface area contributed by atoms with Gasteiger partial charge in [0.05, 0.1) is 19.2 Å². The highest BCUT2D eigenvalue weighted by atomic mass is 127.